The third-order valence-corrected chi connectivity index (χ3v) is 4.30. The summed E-state index contributed by atoms with van der Waals surface area (Å²) in [6.07, 6.45) is 0.264. The van der Waals surface area contributed by atoms with Gasteiger partial charge in [0.1, 0.15) is 5.69 Å². The van der Waals surface area contributed by atoms with E-state index in [1.807, 2.05) is 18.7 Å². The Bertz CT molecular complexity index is 671. The Morgan fingerprint density at radius 3 is 2.48 bits per heavy atom. The Morgan fingerprint density at radius 1 is 1.19 bits per heavy atom. The maximum absolute atomic E-state index is 12.3. The first-order valence-corrected chi connectivity index (χ1v) is 9.13. The Balaban J connectivity index is 1.72. The van der Waals surface area contributed by atoms with Crippen LogP contribution in [-0.4, -0.2) is 71.8 Å². The van der Waals surface area contributed by atoms with Crippen molar-refractivity contribution in [3.05, 3.63) is 34.4 Å². The van der Waals surface area contributed by atoms with Gasteiger partial charge < -0.3 is 15.5 Å². The van der Waals surface area contributed by atoms with Crippen molar-refractivity contribution in [2.24, 2.45) is 0 Å². The minimum Gasteiger partial charge on any atom is -0.379 e. The molecule has 1 heterocycles. The molecule has 1 aliphatic heterocycles. The first-order chi connectivity index (χ1) is 12.9. The van der Waals surface area contributed by atoms with E-state index in [1.165, 1.54) is 6.07 Å². The number of nitrogens with one attached hydrogen (secondary N) is 2. The number of carbonyl (C=O) groups is 2. The van der Waals surface area contributed by atoms with Crippen LogP contribution < -0.4 is 10.6 Å². The van der Waals surface area contributed by atoms with E-state index in [9.17, 15) is 19.7 Å². The molecule has 1 aromatic rings. The summed E-state index contributed by atoms with van der Waals surface area (Å²) in [6, 6.07) is 6.50. The van der Waals surface area contributed by atoms with Gasteiger partial charge in [0.05, 0.1) is 11.5 Å². The largest absolute Gasteiger partial charge is 0.379 e. The SMILES string of the molecule is CC(C)NC(=O)CN1CCN(C(=O)CCNc2ccccc2[N+](=O)[O-])CC1. The molecule has 0 spiro atoms. The normalized spacial score (nSPS) is 14.9. The lowest BCUT2D eigenvalue weighted by atomic mass is 10.2. The molecule has 0 aliphatic carbocycles. The quantitative estimate of drug-likeness (QED) is 0.518. The number of nitro groups is 1. The molecule has 2 N–H and O–H groups in total. The molecule has 2 amide bonds. The van der Waals surface area contributed by atoms with Gasteiger partial charge in [0.2, 0.25) is 11.8 Å². The van der Waals surface area contributed by atoms with Gasteiger partial charge in [-0.2, -0.15) is 0 Å². The van der Waals surface area contributed by atoms with Crippen LogP contribution in [0.2, 0.25) is 0 Å². The highest BCUT2D eigenvalue weighted by Crippen LogP contribution is 2.22. The number of rotatable bonds is 8. The van der Waals surface area contributed by atoms with Gasteiger partial charge in [0, 0.05) is 51.3 Å². The van der Waals surface area contributed by atoms with Crippen molar-refractivity contribution < 1.29 is 14.5 Å². The summed E-state index contributed by atoms with van der Waals surface area (Å²) < 4.78 is 0. The van der Waals surface area contributed by atoms with E-state index in [2.05, 4.69) is 10.6 Å². The van der Waals surface area contributed by atoms with Crippen LogP contribution in [-0.2, 0) is 9.59 Å². The van der Waals surface area contributed by atoms with Gasteiger partial charge in [-0.15, -0.1) is 0 Å². The van der Waals surface area contributed by atoms with Gasteiger partial charge in [0.25, 0.3) is 5.69 Å². The van der Waals surface area contributed by atoms with E-state index in [0.29, 0.717) is 45.0 Å². The van der Waals surface area contributed by atoms with Crippen molar-refractivity contribution in [1.29, 1.82) is 0 Å². The van der Waals surface area contributed by atoms with Crippen LogP contribution in [0.4, 0.5) is 11.4 Å². The minimum atomic E-state index is -0.446. The van der Waals surface area contributed by atoms with Crippen molar-refractivity contribution in [2.75, 3.05) is 44.6 Å². The number of hydrogen-bond acceptors (Lipinski definition) is 6. The molecule has 9 nitrogen and oxygen atoms in total. The molecule has 0 radical (unpaired) electrons. The molecule has 148 valence electrons. The van der Waals surface area contributed by atoms with Crippen LogP contribution in [0, 0.1) is 10.1 Å². The van der Waals surface area contributed by atoms with Gasteiger partial charge in [-0.1, -0.05) is 12.1 Å². The second-order valence-corrected chi connectivity index (χ2v) is 6.83. The van der Waals surface area contributed by atoms with Gasteiger partial charge >= 0.3 is 0 Å². The number of amides is 2. The summed E-state index contributed by atoms with van der Waals surface area (Å²) in [7, 11) is 0. The molecule has 2 rings (SSSR count). The van der Waals surface area contributed by atoms with Gasteiger partial charge in [0.15, 0.2) is 0 Å². The molecule has 0 atom stereocenters. The number of nitro benzene ring substituents is 1. The van der Waals surface area contributed by atoms with Crippen LogP contribution in [0.15, 0.2) is 24.3 Å². The highest BCUT2D eigenvalue weighted by atomic mass is 16.6. The Hall–Kier alpha value is -2.68. The topological polar surface area (TPSA) is 108 Å². The van der Waals surface area contributed by atoms with Gasteiger partial charge in [-0.05, 0) is 19.9 Å². The lowest BCUT2D eigenvalue weighted by Crippen LogP contribution is -2.51. The molecular weight excluding hydrogens is 350 g/mol. The zero-order valence-corrected chi connectivity index (χ0v) is 15.8. The Morgan fingerprint density at radius 2 is 1.85 bits per heavy atom. The second kappa shape index (κ2) is 9.86. The van der Waals surface area contributed by atoms with E-state index in [1.54, 1.807) is 23.1 Å². The number of piperazine rings is 1. The van der Waals surface area contributed by atoms with Crippen LogP contribution in [0.3, 0.4) is 0 Å². The first-order valence-electron chi connectivity index (χ1n) is 9.13. The molecular formula is C18H27N5O4. The maximum Gasteiger partial charge on any atom is 0.292 e. The molecule has 1 aliphatic rings. The second-order valence-electron chi connectivity index (χ2n) is 6.83. The van der Waals surface area contributed by atoms with Crippen LogP contribution >= 0.6 is 0 Å². The van der Waals surface area contributed by atoms with E-state index in [0.717, 1.165) is 0 Å². The molecule has 1 aromatic carbocycles. The summed E-state index contributed by atoms with van der Waals surface area (Å²) in [5, 5.41) is 16.8. The van der Waals surface area contributed by atoms with E-state index in [-0.39, 0.29) is 30.0 Å². The first kappa shape index (κ1) is 20.6. The van der Waals surface area contributed by atoms with Gasteiger partial charge in [-0.25, -0.2) is 0 Å². The standard InChI is InChI=1S/C18H27N5O4/c1-14(2)20-17(24)13-21-9-11-22(12-10-21)18(25)7-8-19-15-5-3-4-6-16(15)23(26)27/h3-6,14,19H,7-13H2,1-2H3,(H,20,24). The predicted molar refractivity (Wildman–Crippen MR) is 103 cm³/mol. The summed E-state index contributed by atoms with van der Waals surface area (Å²) in [4.78, 5) is 38.5. The van der Waals surface area contributed by atoms with Crippen molar-refractivity contribution >= 4 is 23.2 Å². The van der Waals surface area contributed by atoms with Crippen LogP contribution in [0.1, 0.15) is 20.3 Å². The number of para-hydroxylation sites is 2. The van der Waals surface area contributed by atoms with Crippen molar-refractivity contribution in [3.8, 4) is 0 Å². The minimum absolute atomic E-state index is 0.00145. The molecule has 9 heteroatoms. The number of nitrogens with zero attached hydrogens (tertiary/aromatic N) is 3. The third kappa shape index (κ3) is 6.52. The summed E-state index contributed by atoms with van der Waals surface area (Å²) in [5.41, 5.74) is 0.412. The average Bonchev–Trinajstić information content (AvgIpc) is 2.61. The average molecular weight is 377 g/mol. The highest BCUT2D eigenvalue weighted by Gasteiger charge is 2.22. The third-order valence-electron chi connectivity index (χ3n) is 4.30. The van der Waals surface area contributed by atoms with Gasteiger partial charge in [-0.3, -0.25) is 24.6 Å². The lowest BCUT2D eigenvalue weighted by Gasteiger charge is -2.34. The monoisotopic (exact) mass is 377 g/mol. The summed E-state index contributed by atoms with van der Waals surface area (Å²) >= 11 is 0. The highest BCUT2D eigenvalue weighted by molar-refractivity contribution is 5.79. The molecule has 1 saturated heterocycles. The van der Waals surface area contributed by atoms with E-state index >= 15 is 0 Å². The molecule has 0 unspecified atom stereocenters. The van der Waals surface area contributed by atoms with Crippen LogP contribution in [0.25, 0.3) is 0 Å². The summed E-state index contributed by atoms with van der Waals surface area (Å²) in [5.74, 6) is 0.00537. The number of carbonyl (C=O) groups excluding carboxylic acids is 2. The lowest BCUT2D eigenvalue weighted by molar-refractivity contribution is -0.384. The zero-order chi connectivity index (χ0) is 19.8. The fourth-order valence-corrected chi connectivity index (χ4v) is 2.97. The Labute approximate surface area is 158 Å². The predicted octanol–water partition coefficient (Wildman–Crippen LogP) is 1.07. The maximum atomic E-state index is 12.3. The smallest absolute Gasteiger partial charge is 0.292 e. The molecule has 27 heavy (non-hydrogen) atoms. The van der Waals surface area contributed by atoms with Crippen LogP contribution in [0.5, 0.6) is 0 Å². The van der Waals surface area contributed by atoms with Crippen molar-refractivity contribution in [1.82, 2.24) is 15.1 Å². The Kier molecular flexibility index (Phi) is 7.54. The van der Waals surface area contributed by atoms with Crippen molar-refractivity contribution in [3.63, 3.8) is 0 Å². The zero-order valence-electron chi connectivity index (χ0n) is 15.8. The molecule has 0 aromatic heterocycles. The number of hydrogen-bond donors (Lipinski definition) is 2. The fraction of sp³-hybridized carbons (Fsp3) is 0.556. The molecule has 0 saturated carbocycles. The fourth-order valence-electron chi connectivity index (χ4n) is 2.97. The summed E-state index contributed by atoms with van der Waals surface area (Å²) in [6.45, 7) is 7.02. The molecule has 1 fully saturated rings. The van der Waals surface area contributed by atoms with E-state index < -0.39 is 4.92 Å². The van der Waals surface area contributed by atoms with Crippen molar-refractivity contribution in [2.45, 2.75) is 26.3 Å². The van der Waals surface area contributed by atoms with E-state index in [4.69, 9.17) is 0 Å². The number of benzene rings is 1. The molecule has 0 bridgehead atoms. The number of anilines is 1.